The van der Waals surface area contributed by atoms with Gasteiger partial charge in [0, 0.05) is 4.88 Å². The molecule has 0 unspecified atom stereocenters. The largest absolute Gasteiger partial charge is 0.481 e. The molecule has 106 valence electrons. The summed E-state index contributed by atoms with van der Waals surface area (Å²) >= 11 is 7.25. The number of ether oxygens (including phenoxy) is 1. The second-order valence-electron chi connectivity index (χ2n) is 4.93. The van der Waals surface area contributed by atoms with Gasteiger partial charge in [-0.25, -0.2) is 4.79 Å². The molecule has 0 aromatic carbocycles. The zero-order valence-electron chi connectivity index (χ0n) is 10.9. The molecule has 1 atom stereocenters. The first-order valence-electron chi connectivity index (χ1n) is 5.63. The number of nitrogens with one attached hydrogen (secondary N) is 1. The molecular formula is C12H16ClNO4S. The smallest absolute Gasteiger partial charge is 0.408 e. The van der Waals surface area contributed by atoms with E-state index >= 15 is 0 Å². The minimum atomic E-state index is -1.02. The Bertz CT molecular complexity index is 467. The number of aliphatic carboxylic acids is 1. The maximum absolute atomic E-state index is 11.7. The molecule has 7 heteroatoms. The quantitative estimate of drug-likeness (QED) is 0.893. The van der Waals surface area contributed by atoms with Gasteiger partial charge in [0.15, 0.2) is 0 Å². The van der Waals surface area contributed by atoms with Gasteiger partial charge in [-0.1, -0.05) is 11.6 Å². The molecule has 1 aromatic heterocycles. The van der Waals surface area contributed by atoms with E-state index in [4.69, 9.17) is 21.4 Å². The molecule has 0 saturated carbocycles. The molecule has 0 saturated heterocycles. The van der Waals surface area contributed by atoms with Crippen LogP contribution in [0, 0.1) is 0 Å². The van der Waals surface area contributed by atoms with Gasteiger partial charge in [0.2, 0.25) is 0 Å². The standard InChI is InChI=1S/C12H16ClNO4S/c1-12(2,3)18-11(17)14-8(6-9(15)16)10-7(13)4-5-19-10/h4-5,8H,6H2,1-3H3,(H,14,17)(H,15,16)/t8-/m1/s1. The van der Waals surface area contributed by atoms with Crippen LogP contribution in [0.15, 0.2) is 11.4 Å². The van der Waals surface area contributed by atoms with Gasteiger partial charge in [0.05, 0.1) is 17.5 Å². The van der Waals surface area contributed by atoms with Gasteiger partial charge in [-0.15, -0.1) is 11.3 Å². The van der Waals surface area contributed by atoms with Crippen LogP contribution in [0.2, 0.25) is 5.02 Å². The second kappa shape index (κ2) is 6.25. The molecule has 1 aromatic rings. The highest BCUT2D eigenvalue weighted by atomic mass is 35.5. The van der Waals surface area contributed by atoms with Crippen LogP contribution in [0.25, 0.3) is 0 Å². The Hall–Kier alpha value is -1.27. The van der Waals surface area contributed by atoms with Crippen molar-refractivity contribution in [3.8, 4) is 0 Å². The van der Waals surface area contributed by atoms with Crippen molar-refractivity contribution >= 4 is 35.0 Å². The predicted octanol–water partition coefficient (Wildman–Crippen LogP) is 3.44. The third kappa shape index (κ3) is 5.48. The fourth-order valence-corrected chi connectivity index (χ4v) is 2.63. The van der Waals surface area contributed by atoms with Crippen molar-refractivity contribution in [2.24, 2.45) is 0 Å². The van der Waals surface area contributed by atoms with Crippen molar-refractivity contribution in [3.63, 3.8) is 0 Å². The fourth-order valence-electron chi connectivity index (χ4n) is 1.39. The first-order valence-corrected chi connectivity index (χ1v) is 6.89. The molecule has 0 aliphatic carbocycles. The summed E-state index contributed by atoms with van der Waals surface area (Å²) in [6.07, 6.45) is -0.914. The molecule has 0 aliphatic heterocycles. The van der Waals surface area contributed by atoms with Crippen LogP contribution < -0.4 is 5.32 Å². The Labute approximate surface area is 120 Å². The highest BCUT2D eigenvalue weighted by molar-refractivity contribution is 7.10. The van der Waals surface area contributed by atoms with E-state index in [1.807, 2.05) is 0 Å². The van der Waals surface area contributed by atoms with E-state index in [1.165, 1.54) is 11.3 Å². The summed E-state index contributed by atoms with van der Waals surface area (Å²) in [6, 6.07) is 0.965. The summed E-state index contributed by atoms with van der Waals surface area (Å²) in [5.41, 5.74) is -0.642. The molecule has 5 nitrogen and oxygen atoms in total. The van der Waals surface area contributed by atoms with Crippen molar-refractivity contribution in [1.82, 2.24) is 5.32 Å². The van der Waals surface area contributed by atoms with Crippen LogP contribution in [0.5, 0.6) is 0 Å². The number of amides is 1. The van der Waals surface area contributed by atoms with E-state index < -0.39 is 23.7 Å². The number of rotatable bonds is 4. The van der Waals surface area contributed by atoms with E-state index in [1.54, 1.807) is 32.2 Å². The van der Waals surface area contributed by atoms with E-state index in [9.17, 15) is 9.59 Å². The molecule has 0 fully saturated rings. The molecule has 0 bridgehead atoms. The van der Waals surface area contributed by atoms with Crippen LogP contribution in [-0.2, 0) is 9.53 Å². The van der Waals surface area contributed by atoms with E-state index in [0.29, 0.717) is 9.90 Å². The number of hydrogen-bond acceptors (Lipinski definition) is 4. The van der Waals surface area contributed by atoms with Gasteiger partial charge in [-0.2, -0.15) is 0 Å². The maximum atomic E-state index is 11.7. The average Bonchev–Trinajstić information content (AvgIpc) is 2.59. The monoisotopic (exact) mass is 305 g/mol. The molecule has 1 amide bonds. The number of carbonyl (C=O) groups is 2. The summed E-state index contributed by atoms with van der Waals surface area (Å²) in [6.45, 7) is 5.20. The Kier molecular flexibility index (Phi) is 5.20. The first kappa shape index (κ1) is 15.8. The Morgan fingerprint density at radius 2 is 2.16 bits per heavy atom. The topological polar surface area (TPSA) is 75.6 Å². The van der Waals surface area contributed by atoms with Crippen molar-refractivity contribution in [3.05, 3.63) is 21.3 Å². The molecule has 1 heterocycles. The van der Waals surface area contributed by atoms with Gasteiger partial charge in [0.25, 0.3) is 0 Å². The van der Waals surface area contributed by atoms with E-state index in [-0.39, 0.29) is 6.42 Å². The highest BCUT2D eigenvalue weighted by Crippen LogP contribution is 2.30. The number of hydrogen-bond donors (Lipinski definition) is 2. The average molecular weight is 306 g/mol. The summed E-state index contributed by atoms with van der Waals surface area (Å²) in [7, 11) is 0. The van der Waals surface area contributed by atoms with Crippen LogP contribution in [0.3, 0.4) is 0 Å². The van der Waals surface area contributed by atoms with Crippen molar-refractivity contribution in [2.75, 3.05) is 0 Å². The van der Waals surface area contributed by atoms with Gasteiger partial charge in [0.1, 0.15) is 5.60 Å². The lowest BCUT2D eigenvalue weighted by molar-refractivity contribution is -0.137. The number of halogens is 1. The predicted molar refractivity (Wildman–Crippen MR) is 73.7 cm³/mol. The third-order valence-corrected chi connectivity index (χ3v) is 3.50. The zero-order chi connectivity index (χ0) is 14.6. The summed E-state index contributed by atoms with van der Waals surface area (Å²) in [5, 5.41) is 13.6. The van der Waals surface area contributed by atoms with Gasteiger partial charge < -0.3 is 15.2 Å². The molecule has 0 aliphatic rings. The number of carboxylic acid groups (broad SMARTS) is 1. The molecular weight excluding hydrogens is 290 g/mol. The summed E-state index contributed by atoms with van der Waals surface area (Å²) in [4.78, 5) is 23.2. The van der Waals surface area contributed by atoms with Crippen LogP contribution in [0.4, 0.5) is 4.79 Å². The van der Waals surface area contributed by atoms with Crippen molar-refractivity contribution in [1.29, 1.82) is 0 Å². The van der Waals surface area contributed by atoms with Crippen molar-refractivity contribution in [2.45, 2.75) is 38.8 Å². The zero-order valence-corrected chi connectivity index (χ0v) is 12.5. The number of carboxylic acids is 1. The Morgan fingerprint density at radius 3 is 2.58 bits per heavy atom. The summed E-state index contributed by atoms with van der Waals surface area (Å²) in [5.74, 6) is -1.02. The van der Waals surface area contributed by atoms with E-state index in [2.05, 4.69) is 5.32 Å². The third-order valence-electron chi connectivity index (χ3n) is 2.03. The van der Waals surface area contributed by atoms with Gasteiger partial charge in [-0.05, 0) is 32.2 Å². The second-order valence-corrected chi connectivity index (χ2v) is 6.28. The molecule has 2 N–H and O–H groups in total. The van der Waals surface area contributed by atoms with E-state index in [0.717, 1.165) is 0 Å². The minimum Gasteiger partial charge on any atom is -0.481 e. The lowest BCUT2D eigenvalue weighted by Crippen LogP contribution is -2.35. The van der Waals surface area contributed by atoms with Crippen LogP contribution >= 0.6 is 22.9 Å². The van der Waals surface area contributed by atoms with Crippen LogP contribution in [0.1, 0.15) is 38.1 Å². The minimum absolute atomic E-state index is 0.251. The van der Waals surface area contributed by atoms with Gasteiger partial charge >= 0.3 is 12.1 Å². The SMILES string of the molecule is CC(C)(C)OC(=O)N[C@H](CC(=O)O)c1sccc1Cl. The highest BCUT2D eigenvalue weighted by Gasteiger charge is 2.24. The molecule has 1 rings (SSSR count). The Morgan fingerprint density at radius 1 is 1.53 bits per heavy atom. The lowest BCUT2D eigenvalue weighted by atomic mass is 10.1. The summed E-state index contributed by atoms with van der Waals surface area (Å²) < 4.78 is 5.11. The normalized spacial score (nSPS) is 12.8. The lowest BCUT2D eigenvalue weighted by Gasteiger charge is -2.22. The molecule has 0 radical (unpaired) electrons. The molecule has 19 heavy (non-hydrogen) atoms. The maximum Gasteiger partial charge on any atom is 0.408 e. The number of carbonyl (C=O) groups excluding carboxylic acids is 1. The number of alkyl carbamates (subject to hydrolysis) is 1. The van der Waals surface area contributed by atoms with Crippen molar-refractivity contribution < 1.29 is 19.4 Å². The fraction of sp³-hybridized carbons (Fsp3) is 0.500. The first-order chi connectivity index (χ1) is 8.69. The Balaban J connectivity index is 2.79. The number of thiophene rings is 1. The molecule has 0 spiro atoms. The van der Waals surface area contributed by atoms with Crippen LogP contribution in [-0.4, -0.2) is 22.8 Å². The van der Waals surface area contributed by atoms with Gasteiger partial charge in [-0.3, -0.25) is 4.79 Å².